The van der Waals surface area contributed by atoms with Crippen molar-refractivity contribution in [2.24, 2.45) is 4.99 Å². The lowest BCUT2D eigenvalue weighted by Gasteiger charge is -2.02. The van der Waals surface area contributed by atoms with E-state index in [2.05, 4.69) is 10.3 Å². The first-order valence-electron chi connectivity index (χ1n) is 7.72. The van der Waals surface area contributed by atoms with E-state index < -0.39 is 0 Å². The number of hydrogen-bond acceptors (Lipinski definition) is 3. The second-order valence-electron chi connectivity index (χ2n) is 5.54. The minimum atomic E-state index is -0.331. The van der Waals surface area contributed by atoms with Gasteiger partial charge in [-0.2, -0.15) is 0 Å². The van der Waals surface area contributed by atoms with Crippen molar-refractivity contribution < 1.29 is 9.18 Å². The maximum absolute atomic E-state index is 13.3. The van der Waals surface area contributed by atoms with E-state index in [0.29, 0.717) is 15.6 Å². The van der Waals surface area contributed by atoms with Crippen LogP contribution in [0.4, 0.5) is 10.1 Å². The number of fused-ring (bicyclic) bond motifs is 1. The van der Waals surface area contributed by atoms with Gasteiger partial charge in [0, 0.05) is 5.39 Å². The van der Waals surface area contributed by atoms with E-state index >= 15 is 0 Å². The monoisotopic (exact) mass is 348 g/mol. The zero-order valence-electron chi connectivity index (χ0n) is 13.1. The maximum atomic E-state index is 13.3. The molecule has 1 heterocycles. The first-order chi connectivity index (χ1) is 12.2. The number of aliphatic imine (C=N–C) groups is 1. The molecular formula is C20H13FN2OS. The predicted octanol–water partition coefficient (Wildman–Crippen LogP) is 4.87. The number of nitrogens with zero attached hydrogens (tertiary/aromatic N) is 1. The van der Waals surface area contributed by atoms with Crippen LogP contribution in [0.15, 0.2) is 76.6 Å². The second kappa shape index (κ2) is 6.53. The van der Waals surface area contributed by atoms with Crippen molar-refractivity contribution in [3.8, 4) is 0 Å². The summed E-state index contributed by atoms with van der Waals surface area (Å²) < 4.78 is 13.3. The normalized spacial score (nSPS) is 17.4. The molecule has 0 radical (unpaired) electrons. The SMILES string of the molecule is O=C1NC(=Nc2cccc3ccccc23)SC1=Cc1cccc(F)c1. The summed E-state index contributed by atoms with van der Waals surface area (Å²) in [5.74, 6) is -0.560. The number of hydrogen-bond donors (Lipinski definition) is 1. The van der Waals surface area contributed by atoms with Crippen molar-refractivity contribution in [1.82, 2.24) is 5.32 Å². The number of benzene rings is 3. The topological polar surface area (TPSA) is 41.5 Å². The van der Waals surface area contributed by atoms with Gasteiger partial charge in [0.15, 0.2) is 5.17 Å². The van der Waals surface area contributed by atoms with E-state index in [1.165, 1.54) is 23.9 Å². The molecule has 3 aromatic rings. The van der Waals surface area contributed by atoms with Gasteiger partial charge in [0.1, 0.15) is 5.82 Å². The highest BCUT2D eigenvalue weighted by Crippen LogP contribution is 2.31. The molecule has 5 heteroatoms. The van der Waals surface area contributed by atoms with Crippen LogP contribution in [-0.2, 0) is 4.79 Å². The van der Waals surface area contributed by atoms with Gasteiger partial charge in [-0.25, -0.2) is 9.38 Å². The highest BCUT2D eigenvalue weighted by molar-refractivity contribution is 8.18. The van der Waals surface area contributed by atoms with E-state index in [1.54, 1.807) is 18.2 Å². The van der Waals surface area contributed by atoms with Gasteiger partial charge in [-0.05, 0) is 47.0 Å². The molecule has 1 N–H and O–H groups in total. The van der Waals surface area contributed by atoms with Crippen LogP contribution in [0.25, 0.3) is 16.8 Å². The fourth-order valence-corrected chi connectivity index (χ4v) is 3.48. The summed E-state index contributed by atoms with van der Waals surface area (Å²) in [7, 11) is 0. The van der Waals surface area contributed by atoms with Crippen LogP contribution in [0.1, 0.15) is 5.56 Å². The van der Waals surface area contributed by atoms with E-state index in [4.69, 9.17) is 0 Å². The number of carbonyl (C=O) groups is 1. The Labute approximate surface area is 148 Å². The van der Waals surface area contributed by atoms with Gasteiger partial charge in [-0.3, -0.25) is 4.79 Å². The highest BCUT2D eigenvalue weighted by atomic mass is 32.2. The molecule has 1 aliphatic heterocycles. The first-order valence-corrected chi connectivity index (χ1v) is 8.54. The minimum Gasteiger partial charge on any atom is -0.300 e. The average molecular weight is 348 g/mol. The van der Waals surface area contributed by atoms with Crippen molar-refractivity contribution in [2.75, 3.05) is 0 Å². The molecule has 4 rings (SSSR count). The molecular weight excluding hydrogens is 335 g/mol. The second-order valence-corrected chi connectivity index (χ2v) is 6.57. The molecule has 0 spiro atoms. The molecule has 0 atom stereocenters. The molecule has 3 nitrogen and oxygen atoms in total. The summed E-state index contributed by atoms with van der Waals surface area (Å²) in [4.78, 5) is 17.2. The molecule has 25 heavy (non-hydrogen) atoms. The Morgan fingerprint density at radius 1 is 1.00 bits per heavy atom. The third-order valence-electron chi connectivity index (χ3n) is 3.79. The third-order valence-corrected chi connectivity index (χ3v) is 4.70. The van der Waals surface area contributed by atoms with Crippen molar-refractivity contribution in [3.63, 3.8) is 0 Å². The van der Waals surface area contributed by atoms with Crippen LogP contribution in [0, 0.1) is 5.82 Å². The molecule has 3 aromatic carbocycles. The molecule has 122 valence electrons. The Morgan fingerprint density at radius 2 is 1.80 bits per heavy atom. The third kappa shape index (κ3) is 3.32. The first kappa shape index (κ1) is 15.6. The summed E-state index contributed by atoms with van der Waals surface area (Å²) >= 11 is 1.25. The van der Waals surface area contributed by atoms with E-state index in [1.807, 2.05) is 42.5 Å². The summed E-state index contributed by atoms with van der Waals surface area (Å²) in [5.41, 5.74) is 1.44. The summed E-state index contributed by atoms with van der Waals surface area (Å²) in [6.07, 6.45) is 1.66. The number of nitrogens with one attached hydrogen (secondary N) is 1. The van der Waals surface area contributed by atoms with Crippen molar-refractivity contribution in [2.45, 2.75) is 0 Å². The van der Waals surface area contributed by atoms with Gasteiger partial charge in [0.25, 0.3) is 5.91 Å². The van der Waals surface area contributed by atoms with Crippen LogP contribution in [0.2, 0.25) is 0 Å². The van der Waals surface area contributed by atoms with E-state index in [9.17, 15) is 9.18 Å². The van der Waals surface area contributed by atoms with Crippen molar-refractivity contribution >= 4 is 45.4 Å². The van der Waals surface area contributed by atoms with E-state index in [-0.39, 0.29) is 11.7 Å². The number of carbonyl (C=O) groups excluding carboxylic acids is 1. The number of thioether (sulfide) groups is 1. The quantitative estimate of drug-likeness (QED) is 0.671. The zero-order chi connectivity index (χ0) is 17.2. The lowest BCUT2D eigenvalue weighted by atomic mass is 10.1. The Balaban J connectivity index is 1.67. The molecule has 0 saturated carbocycles. The summed E-state index contributed by atoms with van der Waals surface area (Å²) in [6.45, 7) is 0. The van der Waals surface area contributed by atoms with Crippen LogP contribution in [-0.4, -0.2) is 11.1 Å². The van der Waals surface area contributed by atoms with Crippen LogP contribution in [0.5, 0.6) is 0 Å². The number of amides is 1. The molecule has 0 aliphatic carbocycles. The number of halogens is 1. The Bertz CT molecular complexity index is 1040. The molecule has 0 unspecified atom stereocenters. The summed E-state index contributed by atoms with van der Waals surface area (Å²) in [6, 6.07) is 20.0. The highest BCUT2D eigenvalue weighted by Gasteiger charge is 2.24. The lowest BCUT2D eigenvalue weighted by Crippen LogP contribution is -2.19. The van der Waals surface area contributed by atoms with Crippen LogP contribution < -0.4 is 5.32 Å². The number of rotatable bonds is 2. The fraction of sp³-hybridized carbons (Fsp3) is 0. The number of amidine groups is 1. The maximum Gasteiger partial charge on any atom is 0.264 e. The lowest BCUT2D eigenvalue weighted by molar-refractivity contribution is -0.115. The molecule has 0 aromatic heterocycles. The van der Waals surface area contributed by atoms with Gasteiger partial charge < -0.3 is 5.32 Å². The molecule has 1 saturated heterocycles. The van der Waals surface area contributed by atoms with Gasteiger partial charge in [-0.1, -0.05) is 48.5 Å². The van der Waals surface area contributed by atoms with Crippen molar-refractivity contribution in [1.29, 1.82) is 0 Å². The minimum absolute atomic E-state index is 0.228. The Morgan fingerprint density at radius 3 is 2.68 bits per heavy atom. The average Bonchev–Trinajstić information content (AvgIpc) is 2.94. The summed E-state index contributed by atoms with van der Waals surface area (Å²) in [5, 5.41) is 5.40. The molecule has 1 fully saturated rings. The molecule has 1 amide bonds. The van der Waals surface area contributed by atoms with Crippen LogP contribution >= 0.6 is 11.8 Å². The van der Waals surface area contributed by atoms with Crippen molar-refractivity contribution in [3.05, 3.63) is 83.0 Å². The van der Waals surface area contributed by atoms with Gasteiger partial charge in [-0.15, -0.1) is 0 Å². The molecule has 1 aliphatic rings. The Kier molecular flexibility index (Phi) is 4.07. The predicted molar refractivity (Wildman–Crippen MR) is 101 cm³/mol. The van der Waals surface area contributed by atoms with Gasteiger partial charge in [0.2, 0.25) is 0 Å². The van der Waals surface area contributed by atoms with Gasteiger partial charge in [0.05, 0.1) is 10.6 Å². The molecule has 0 bridgehead atoms. The standard InChI is InChI=1S/C20H13FN2OS/c21-15-8-3-5-13(11-15)12-18-19(24)23-20(25-18)22-17-10-4-7-14-6-1-2-9-16(14)17/h1-12H,(H,22,23,24). The fourth-order valence-electron chi connectivity index (χ4n) is 2.64. The van der Waals surface area contributed by atoms with Crippen LogP contribution in [0.3, 0.4) is 0 Å². The van der Waals surface area contributed by atoms with E-state index in [0.717, 1.165) is 16.5 Å². The largest absolute Gasteiger partial charge is 0.300 e. The smallest absolute Gasteiger partial charge is 0.264 e. The Hall–Kier alpha value is -2.92. The van der Waals surface area contributed by atoms with Gasteiger partial charge >= 0.3 is 0 Å². The zero-order valence-corrected chi connectivity index (χ0v) is 13.9.